The van der Waals surface area contributed by atoms with Crippen molar-refractivity contribution in [1.82, 2.24) is 9.55 Å². The number of esters is 1. The zero-order valence-electron chi connectivity index (χ0n) is 25.7. The fraction of sp³-hybridized carbons (Fsp3) is 0.471. The fourth-order valence-corrected chi connectivity index (χ4v) is 4.74. The molecule has 42 heavy (non-hydrogen) atoms. The highest BCUT2D eigenvalue weighted by Crippen LogP contribution is 2.26. The normalized spacial score (nSPS) is 12.4. The molecule has 0 aliphatic rings. The Morgan fingerprint density at radius 2 is 1.62 bits per heavy atom. The lowest BCUT2D eigenvalue weighted by molar-refractivity contribution is -0.160. The summed E-state index contributed by atoms with van der Waals surface area (Å²) in [5.74, 6) is 0.482. The molecule has 0 N–H and O–H groups in total. The summed E-state index contributed by atoms with van der Waals surface area (Å²) in [6.07, 6.45) is 6.23. The maximum absolute atomic E-state index is 13.8. The van der Waals surface area contributed by atoms with Crippen LogP contribution in [0, 0.1) is 0 Å². The third kappa shape index (κ3) is 8.54. The monoisotopic (exact) mass is 575 g/mol. The van der Waals surface area contributed by atoms with Crippen LogP contribution in [0.3, 0.4) is 0 Å². The first-order valence-electron chi connectivity index (χ1n) is 15.2. The van der Waals surface area contributed by atoms with Gasteiger partial charge in [0.15, 0.2) is 0 Å². The largest absolute Gasteiger partial charge is 0.476 e. The third-order valence-electron chi connectivity index (χ3n) is 7.43. The standard InChI is InChI=1S/C34H45N3O5/c1-6-10-11-12-16-23-36(27-19-21-28(22-20-27)42-34(5,8-3)33(40)41-9-4)32(39)25-37-30(7-2)35-29(24-31(37)38)26-17-14-13-15-18-26/h13-15,17-22,24H,6-12,16,23,25H2,1-5H3. The second-order valence-corrected chi connectivity index (χ2v) is 10.6. The van der Waals surface area contributed by atoms with Crippen LogP contribution < -0.4 is 15.2 Å². The summed E-state index contributed by atoms with van der Waals surface area (Å²) < 4.78 is 12.7. The number of hydrogen-bond donors (Lipinski definition) is 0. The van der Waals surface area contributed by atoms with Crippen LogP contribution in [0.5, 0.6) is 5.75 Å². The molecule has 226 valence electrons. The number of aryl methyl sites for hydroxylation is 1. The Morgan fingerprint density at radius 3 is 2.24 bits per heavy atom. The van der Waals surface area contributed by atoms with E-state index < -0.39 is 11.6 Å². The average molecular weight is 576 g/mol. The van der Waals surface area contributed by atoms with Gasteiger partial charge in [-0.3, -0.25) is 14.2 Å². The van der Waals surface area contributed by atoms with E-state index in [9.17, 15) is 14.4 Å². The van der Waals surface area contributed by atoms with Gasteiger partial charge < -0.3 is 14.4 Å². The number of anilines is 1. The van der Waals surface area contributed by atoms with Gasteiger partial charge in [-0.05, 0) is 51.0 Å². The zero-order valence-corrected chi connectivity index (χ0v) is 25.7. The molecule has 0 aliphatic heterocycles. The molecule has 1 aromatic heterocycles. The predicted octanol–water partition coefficient (Wildman–Crippen LogP) is 6.59. The lowest BCUT2D eigenvalue weighted by Crippen LogP contribution is -2.42. The van der Waals surface area contributed by atoms with Crippen molar-refractivity contribution in [3.8, 4) is 17.0 Å². The lowest BCUT2D eigenvalue weighted by atomic mass is 10.0. The van der Waals surface area contributed by atoms with Gasteiger partial charge >= 0.3 is 5.97 Å². The van der Waals surface area contributed by atoms with Crippen LogP contribution in [0.4, 0.5) is 5.69 Å². The number of carbonyl (C=O) groups is 2. The van der Waals surface area contributed by atoms with Crippen LogP contribution in [-0.2, 0) is 27.3 Å². The molecule has 1 amide bonds. The highest BCUT2D eigenvalue weighted by molar-refractivity contribution is 5.93. The number of carbonyl (C=O) groups excluding carboxylic acids is 2. The second kappa shape index (κ2) is 15.9. The minimum absolute atomic E-state index is 0.103. The quantitative estimate of drug-likeness (QED) is 0.141. The van der Waals surface area contributed by atoms with Crippen LogP contribution >= 0.6 is 0 Å². The van der Waals surface area contributed by atoms with Gasteiger partial charge in [0.25, 0.3) is 5.56 Å². The summed E-state index contributed by atoms with van der Waals surface area (Å²) in [7, 11) is 0. The van der Waals surface area contributed by atoms with Gasteiger partial charge in [-0.25, -0.2) is 9.78 Å². The van der Waals surface area contributed by atoms with Crippen LogP contribution in [0.25, 0.3) is 11.3 Å². The van der Waals surface area contributed by atoms with Gasteiger partial charge in [-0.15, -0.1) is 0 Å². The molecule has 1 atom stereocenters. The molecular formula is C34H45N3O5. The number of nitrogens with zero attached hydrogens (tertiary/aromatic N) is 3. The Bertz CT molecular complexity index is 1350. The summed E-state index contributed by atoms with van der Waals surface area (Å²) in [6, 6.07) is 18.2. The number of hydrogen-bond acceptors (Lipinski definition) is 6. The van der Waals surface area contributed by atoms with Gasteiger partial charge in [-0.2, -0.15) is 0 Å². The summed E-state index contributed by atoms with van der Waals surface area (Å²) in [6.45, 7) is 10.2. The summed E-state index contributed by atoms with van der Waals surface area (Å²) >= 11 is 0. The molecule has 1 heterocycles. The molecule has 3 rings (SSSR count). The van der Waals surface area contributed by atoms with Gasteiger partial charge in [0, 0.05) is 30.3 Å². The number of benzene rings is 2. The molecule has 1 unspecified atom stereocenters. The van der Waals surface area contributed by atoms with E-state index in [4.69, 9.17) is 14.5 Å². The summed E-state index contributed by atoms with van der Waals surface area (Å²) in [5, 5.41) is 0. The minimum Gasteiger partial charge on any atom is -0.476 e. The van der Waals surface area contributed by atoms with Crippen molar-refractivity contribution in [1.29, 1.82) is 0 Å². The van der Waals surface area contributed by atoms with E-state index in [0.717, 1.165) is 37.7 Å². The van der Waals surface area contributed by atoms with Crippen molar-refractivity contribution in [2.24, 2.45) is 0 Å². The van der Waals surface area contributed by atoms with E-state index in [1.165, 1.54) is 10.6 Å². The van der Waals surface area contributed by atoms with Gasteiger partial charge in [0.2, 0.25) is 11.5 Å². The SMILES string of the molecule is CCCCCCCN(C(=O)Cn1c(CC)nc(-c2ccccc2)cc1=O)c1ccc(OC(C)(CC)C(=O)OCC)cc1. The minimum atomic E-state index is -1.11. The summed E-state index contributed by atoms with van der Waals surface area (Å²) in [5.41, 5.74) is 0.811. The molecule has 0 spiro atoms. The maximum Gasteiger partial charge on any atom is 0.350 e. The Balaban J connectivity index is 1.86. The average Bonchev–Trinajstić information content (AvgIpc) is 3.00. The Morgan fingerprint density at radius 1 is 0.929 bits per heavy atom. The smallest absolute Gasteiger partial charge is 0.350 e. The van der Waals surface area contributed by atoms with E-state index in [1.807, 2.05) is 56.3 Å². The van der Waals surface area contributed by atoms with E-state index >= 15 is 0 Å². The number of aromatic nitrogens is 2. The van der Waals surface area contributed by atoms with Crippen molar-refractivity contribution >= 4 is 17.6 Å². The first-order chi connectivity index (χ1) is 20.3. The number of amides is 1. The fourth-order valence-electron chi connectivity index (χ4n) is 4.74. The van der Waals surface area contributed by atoms with Gasteiger partial charge in [0.05, 0.1) is 12.3 Å². The number of unbranched alkanes of at least 4 members (excludes halogenated alkanes) is 4. The van der Waals surface area contributed by atoms with Crippen LogP contribution in [0.2, 0.25) is 0 Å². The molecule has 8 nitrogen and oxygen atoms in total. The van der Waals surface area contributed by atoms with Crippen LogP contribution in [0.1, 0.15) is 79.0 Å². The molecule has 3 aromatic rings. The van der Waals surface area contributed by atoms with Gasteiger partial charge in [0.1, 0.15) is 18.1 Å². The third-order valence-corrected chi connectivity index (χ3v) is 7.43. The van der Waals surface area contributed by atoms with E-state index in [2.05, 4.69) is 6.92 Å². The number of ether oxygens (including phenoxy) is 2. The number of rotatable bonds is 16. The lowest BCUT2D eigenvalue weighted by Gasteiger charge is -2.28. The molecule has 0 aliphatic carbocycles. The first kappa shape index (κ1) is 32.6. The van der Waals surface area contributed by atoms with Crippen LogP contribution in [-0.4, -0.2) is 40.2 Å². The van der Waals surface area contributed by atoms with Crippen molar-refractivity contribution in [2.45, 2.75) is 91.7 Å². The topological polar surface area (TPSA) is 90.7 Å². The highest BCUT2D eigenvalue weighted by atomic mass is 16.6. The first-order valence-corrected chi connectivity index (χ1v) is 15.2. The molecule has 0 saturated heterocycles. The summed E-state index contributed by atoms with van der Waals surface area (Å²) in [4.78, 5) is 45.9. The molecular weight excluding hydrogens is 530 g/mol. The van der Waals surface area contributed by atoms with Crippen molar-refractivity contribution in [2.75, 3.05) is 18.1 Å². The van der Waals surface area contributed by atoms with E-state index in [0.29, 0.717) is 42.3 Å². The van der Waals surface area contributed by atoms with E-state index in [-0.39, 0.29) is 24.6 Å². The Hall–Kier alpha value is -3.94. The highest BCUT2D eigenvalue weighted by Gasteiger charge is 2.35. The zero-order chi connectivity index (χ0) is 30.5. The van der Waals surface area contributed by atoms with Crippen LogP contribution in [0.15, 0.2) is 65.5 Å². The van der Waals surface area contributed by atoms with E-state index in [1.54, 1.807) is 30.9 Å². The molecule has 0 bridgehead atoms. The van der Waals surface area contributed by atoms with Crippen molar-refractivity contribution in [3.63, 3.8) is 0 Å². The Kier molecular flexibility index (Phi) is 12.3. The molecule has 0 fully saturated rings. The maximum atomic E-state index is 13.8. The van der Waals surface area contributed by atoms with Crippen molar-refractivity contribution < 1.29 is 19.1 Å². The van der Waals surface area contributed by atoms with Gasteiger partial charge in [-0.1, -0.05) is 76.8 Å². The molecule has 0 saturated carbocycles. The molecule has 0 radical (unpaired) electrons. The van der Waals surface area contributed by atoms with Crippen molar-refractivity contribution in [3.05, 3.63) is 76.8 Å². The molecule has 8 heteroatoms. The Labute approximate surface area is 249 Å². The second-order valence-electron chi connectivity index (χ2n) is 10.6. The predicted molar refractivity (Wildman–Crippen MR) is 167 cm³/mol. The molecule has 2 aromatic carbocycles.